The average molecular weight is 197 g/mol. The third-order valence-corrected chi connectivity index (χ3v) is 2.95. The van der Waals surface area contributed by atoms with Gasteiger partial charge in [0.15, 0.2) is 12.1 Å². The molecule has 2 rings (SSSR count). The van der Waals surface area contributed by atoms with Crippen molar-refractivity contribution in [1.82, 2.24) is 15.2 Å². The van der Waals surface area contributed by atoms with Gasteiger partial charge in [0.05, 0.1) is 0 Å². The van der Waals surface area contributed by atoms with Gasteiger partial charge in [0.25, 0.3) is 0 Å². The van der Waals surface area contributed by atoms with E-state index in [1.54, 1.807) is 7.11 Å². The van der Waals surface area contributed by atoms with Crippen molar-refractivity contribution in [1.29, 1.82) is 0 Å². The number of nitrogens with zero attached hydrogens (tertiary/aromatic N) is 2. The summed E-state index contributed by atoms with van der Waals surface area (Å²) in [4.78, 5) is 4.10. The normalized spacial score (nSPS) is 37.6. The maximum atomic E-state index is 5.72. The number of ether oxygens (including phenoxy) is 2. The maximum Gasteiger partial charge on any atom is 0.161 e. The molecule has 78 valence electrons. The van der Waals surface area contributed by atoms with E-state index in [9.17, 15) is 0 Å². The molecule has 0 saturated carbocycles. The van der Waals surface area contributed by atoms with Crippen molar-refractivity contribution in [2.45, 2.75) is 26.2 Å². The van der Waals surface area contributed by atoms with E-state index in [-0.39, 0.29) is 12.4 Å². The van der Waals surface area contributed by atoms with Crippen LogP contribution in [0.1, 0.15) is 25.8 Å². The van der Waals surface area contributed by atoms with Gasteiger partial charge < -0.3 is 9.47 Å². The number of hydrogen-bond donors (Lipinski definition) is 1. The van der Waals surface area contributed by atoms with Gasteiger partial charge >= 0.3 is 0 Å². The first-order valence-corrected chi connectivity index (χ1v) is 4.77. The molecule has 2 heterocycles. The van der Waals surface area contributed by atoms with E-state index >= 15 is 0 Å². The number of aromatic amines is 1. The van der Waals surface area contributed by atoms with E-state index in [4.69, 9.17) is 9.47 Å². The highest BCUT2D eigenvalue weighted by Gasteiger charge is 2.41. The smallest absolute Gasteiger partial charge is 0.161 e. The van der Waals surface area contributed by atoms with Crippen LogP contribution in [0, 0.1) is 11.8 Å². The summed E-state index contributed by atoms with van der Waals surface area (Å²) in [6, 6.07) is 0. The molecule has 1 aromatic rings. The molecule has 0 radical (unpaired) electrons. The summed E-state index contributed by atoms with van der Waals surface area (Å²) in [6.45, 7) is 4.26. The first kappa shape index (κ1) is 9.61. The topological polar surface area (TPSA) is 60.0 Å². The van der Waals surface area contributed by atoms with Crippen LogP contribution in [0.4, 0.5) is 0 Å². The molecule has 1 aromatic heterocycles. The summed E-state index contributed by atoms with van der Waals surface area (Å²) >= 11 is 0. The van der Waals surface area contributed by atoms with Crippen LogP contribution in [0.5, 0.6) is 0 Å². The quantitative estimate of drug-likeness (QED) is 0.771. The Labute approximate surface area is 82.8 Å². The Morgan fingerprint density at radius 2 is 2.21 bits per heavy atom. The first-order chi connectivity index (χ1) is 6.74. The fourth-order valence-corrected chi connectivity index (χ4v) is 1.85. The zero-order valence-electron chi connectivity index (χ0n) is 8.60. The molecule has 4 atom stereocenters. The third-order valence-electron chi connectivity index (χ3n) is 2.95. The molecule has 0 bridgehead atoms. The standard InChI is InChI=1S/C9H15N3O2/c1-5-6(2)9(13-3)14-7(5)8-10-4-11-12-8/h4-7,9H,1-3H3,(H,10,11,12). The lowest BCUT2D eigenvalue weighted by atomic mass is 9.93. The summed E-state index contributed by atoms with van der Waals surface area (Å²) < 4.78 is 11.0. The van der Waals surface area contributed by atoms with Gasteiger partial charge in [-0.25, -0.2) is 4.98 Å². The van der Waals surface area contributed by atoms with Crippen molar-refractivity contribution >= 4 is 0 Å². The zero-order chi connectivity index (χ0) is 10.1. The van der Waals surface area contributed by atoms with Gasteiger partial charge in [0, 0.05) is 13.0 Å². The predicted molar refractivity (Wildman–Crippen MR) is 49.3 cm³/mol. The molecule has 0 amide bonds. The molecule has 0 aromatic carbocycles. The number of aromatic nitrogens is 3. The highest BCUT2D eigenvalue weighted by atomic mass is 16.7. The van der Waals surface area contributed by atoms with Crippen LogP contribution in [0.2, 0.25) is 0 Å². The van der Waals surface area contributed by atoms with Crippen LogP contribution in [0.15, 0.2) is 6.33 Å². The summed E-state index contributed by atoms with van der Waals surface area (Å²) in [6.07, 6.45) is 1.33. The minimum atomic E-state index is -0.139. The van der Waals surface area contributed by atoms with Crippen molar-refractivity contribution in [3.63, 3.8) is 0 Å². The molecule has 5 heteroatoms. The fourth-order valence-electron chi connectivity index (χ4n) is 1.85. The fraction of sp³-hybridized carbons (Fsp3) is 0.778. The van der Waals surface area contributed by atoms with Crippen LogP contribution in [0.3, 0.4) is 0 Å². The van der Waals surface area contributed by atoms with E-state index in [2.05, 4.69) is 29.0 Å². The monoisotopic (exact) mass is 197 g/mol. The van der Waals surface area contributed by atoms with Gasteiger partial charge in [-0.3, -0.25) is 5.10 Å². The molecule has 4 unspecified atom stereocenters. The van der Waals surface area contributed by atoms with Crippen LogP contribution in [-0.4, -0.2) is 28.6 Å². The van der Waals surface area contributed by atoms with Gasteiger partial charge in [-0.05, 0) is 5.92 Å². The zero-order valence-corrected chi connectivity index (χ0v) is 8.60. The van der Waals surface area contributed by atoms with Crippen LogP contribution in [0.25, 0.3) is 0 Å². The molecule has 1 aliphatic rings. The lowest BCUT2D eigenvalue weighted by molar-refractivity contribution is -0.131. The largest absolute Gasteiger partial charge is 0.356 e. The Morgan fingerprint density at radius 3 is 2.71 bits per heavy atom. The van der Waals surface area contributed by atoms with E-state index < -0.39 is 0 Å². The lowest BCUT2D eigenvalue weighted by Gasteiger charge is -2.13. The number of rotatable bonds is 2. The van der Waals surface area contributed by atoms with Crippen LogP contribution >= 0.6 is 0 Å². The van der Waals surface area contributed by atoms with E-state index in [0.29, 0.717) is 11.8 Å². The molecular formula is C9H15N3O2. The highest BCUT2D eigenvalue weighted by molar-refractivity contribution is 4.95. The molecule has 1 fully saturated rings. The van der Waals surface area contributed by atoms with Crippen molar-refractivity contribution < 1.29 is 9.47 Å². The van der Waals surface area contributed by atoms with E-state index in [0.717, 1.165) is 5.82 Å². The molecule has 5 nitrogen and oxygen atoms in total. The van der Waals surface area contributed by atoms with Gasteiger partial charge in [0.1, 0.15) is 12.4 Å². The Balaban J connectivity index is 2.16. The summed E-state index contributed by atoms with van der Waals surface area (Å²) in [5.74, 6) is 1.53. The molecule has 1 N–H and O–H groups in total. The second-order valence-corrected chi connectivity index (χ2v) is 3.75. The van der Waals surface area contributed by atoms with Gasteiger partial charge in [-0.2, -0.15) is 5.10 Å². The Hall–Kier alpha value is -0.940. The second-order valence-electron chi connectivity index (χ2n) is 3.75. The van der Waals surface area contributed by atoms with Gasteiger partial charge in [-0.1, -0.05) is 13.8 Å². The minimum Gasteiger partial charge on any atom is -0.356 e. The second kappa shape index (κ2) is 3.67. The van der Waals surface area contributed by atoms with Crippen LogP contribution in [-0.2, 0) is 9.47 Å². The summed E-state index contributed by atoms with van der Waals surface area (Å²) in [5, 5.41) is 6.65. The first-order valence-electron chi connectivity index (χ1n) is 4.77. The van der Waals surface area contributed by atoms with Gasteiger partial charge in [0.2, 0.25) is 0 Å². The number of hydrogen-bond acceptors (Lipinski definition) is 4. The number of nitrogens with one attached hydrogen (secondary N) is 1. The average Bonchev–Trinajstić information content (AvgIpc) is 2.78. The Kier molecular flexibility index (Phi) is 2.52. The minimum absolute atomic E-state index is 0.0301. The molecular weight excluding hydrogens is 182 g/mol. The van der Waals surface area contributed by atoms with E-state index in [1.165, 1.54) is 6.33 Å². The Bertz CT molecular complexity index is 288. The van der Waals surface area contributed by atoms with Crippen molar-refractivity contribution in [2.75, 3.05) is 7.11 Å². The molecule has 1 aliphatic heterocycles. The van der Waals surface area contributed by atoms with E-state index in [1.807, 2.05) is 0 Å². The molecule has 1 saturated heterocycles. The predicted octanol–water partition coefficient (Wildman–Crippen LogP) is 1.12. The maximum absolute atomic E-state index is 5.72. The number of methoxy groups -OCH3 is 1. The number of H-pyrrole nitrogens is 1. The van der Waals surface area contributed by atoms with Crippen molar-refractivity contribution in [3.05, 3.63) is 12.2 Å². The van der Waals surface area contributed by atoms with Crippen molar-refractivity contribution in [2.24, 2.45) is 11.8 Å². The molecule has 0 spiro atoms. The Morgan fingerprint density at radius 1 is 1.43 bits per heavy atom. The third kappa shape index (κ3) is 1.42. The summed E-state index contributed by atoms with van der Waals surface area (Å²) in [7, 11) is 1.66. The van der Waals surface area contributed by atoms with Gasteiger partial charge in [-0.15, -0.1) is 0 Å². The molecule has 14 heavy (non-hydrogen) atoms. The van der Waals surface area contributed by atoms with Crippen LogP contribution < -0.4 is 0 Å². The SMILES string of the molecule is COC1OC(c2ncn[nH]2)C(C)C1C. The molecule has 0 aliphatic carbocycles. The highest BCUT2D eigenvalue weighted by Crippen LogP contribution is 2.40. The summed E-state index contributed by atoms with van der Waals surface area (Å²) in [5.41, 5.74) is 0. The lowest BCUT2D eigenvalue weighted by Crippen LogP contribution is -2.17. The van der Waals surface area contributed by atoms with Crippen molar-refractivity contribution in [3.8, 4) is 0 Å².